The van der Waals surface area contributed by atoms with Crippen molar-refractivity contribution in [2.75, 3.05) is 0 Å². The fourth-order valence-corrected chi connectivity index (χ4v) is 0.781. The molecule has 0 aliphatic carbocycles. The fraction of sp³-hybridized carbons (Fsp3) is 0.600. The molecule has 0 aliphatic heterocycles. The van der Waals surface area contributed by atoms with Crippen molar-refractivity contribution in [3.05, 3.63) is 23.5 Å². The second kappa shape index (κ2) is 3.12. The Balaban J connectivity index is 4.67. The van der Waals surface area contributed by atoms with E-state index >= 15 is 0 Å². The van der Waals surface area contributed by atoms with Gasteiger partial charge in [-0.1, -0.05) is 27.4 Å². The fourth-order valence-electron chi connectivity index (χ4n) is 0.781. The first-order chi connectivity index (χ1) is 4.76. The van der Waals surface area contributed by atoms with Crippen LogP contribution in [0.2, 0.25) is 0 Å². The molecule has 1 heteroatoms. The highest BCUT2D eigenvalue weighted by atomic mass is 16.3. The van der Waals surface area contributed by atoms with Gasteiger partial charge < -0.3 is 5.11 Å². The summed E-state index contributed by atoms with van der Waals surface area (Å²) in [6.07, 6.45) is 0. The van der Waals surface area contributed by atoms with E-state index in [1.165, 1.54) is 0 Å². The molecule has 0 heterocycles. The van der Waals surface area contributed by atoms with Crippen LogP contribution in [0.1, 0.15) is 34.6 Å². The van der Waals surface area contributed by atoms with Crippen LogP contribution in [0.25, 0.3) is 0 Å². The molecule has 0 unspecified atom stereocenters. The van der Waals surface area contributed by atoms with E-state index in [0.717, 1.165) is 11.1 Å². The predicted octanol–water partition coefficient (Wildman–Crippen LogP) is 3.44. The molecule has 0 saturated heterocycles. The number of aliphatic hydroxyl groups is 1. The van der Waals surface area contributed by atoms with E-state index in [1.54, 1.807) is 6.92 Å². The molecular formula is C10H18O. The van der Waals surface area contributed by atoms with Gasteiger partial charge in [-0.2, -0.15) is 0 Å². The maximum Gasteiger partial charge on any atom is 0.0923 e. The van der Waals surface area contributed by atoms with Gasteiger partial charge in [0.2, 0.25) is 0 Å². The minimum atomic E-state index is 0.0497. The van der Waals surface area contributed by atoms with Crippen LogP contribution in [0.4, 0.5) is 0 Å². The zero-order valence-electron chi connectivity index (χ0n) is 8.15. The molecule has 0 atom stereocenters. The molecule has 0 aromatic heterocycles. The molecule has 0 rings (SSSR count). The minimum Gasteiger partial charge on any atom is -0.512 e. The number of aliphatic hydroxyl groups excluding tert-OH is 1. The Morgan fingerprint density at radius 1 is 1.18 bits per heavy atom. The quantitative estimate of drug-likeness (QED) is 0.453. The molecule has 1 nitrogen and oxygen atoms in total. The normalized spacial score (nSPS) is 14.3. The zero-order chi connectivity index (χ0) is 9.23. The smallest absolute Gasteiger partial charge is 0.0923 e. The topological polar surface area (TPSA) is 20.2 Å². The van der Waals surface area contributed by atoms with E-state index < -0.39 is 0 Å². The standard InChI is InChI=1S/C10H18O/c1-7(9(3)11)8(2)10(4,5)6/h11H,2H2,1,3-6H3/b9-7+. The van der Waals surface area contributed by atoms with Crippen molar-refractivity contribution in [2.45, 2.75) is 34.6 Å². The number of allylic oxidation sites excluding steroid dienone is 3. The summed E-state index contributed by atoms with van der Waals surface area (Å²) >= 11 is 0. The van der Waals surface area contributed by atoms with Crippen LogP contribution in [0.5, 0.6) is 0 Å². The number of hydrogen-bond acceptors (Lipinski definition) is 1. The van der Waals surface area contributed by atoms with E-state index in [2.05, 4.69) is 27.4 Å². The summed E-state index contributed by atoms with van der Waals surface area (Å²) in [5.41, 5.74) is 1.95. The molecule has 11 heavy (non-hydrogen) atoms. The molecule has 0 bridgehead atoms. The third kappa shape index (κ3) is 2.79. The van der Waals surface area contributed by atoms with Gasteiger partial charge in [-0.15, -0.1) is 0 Å². The molecule has 0 fully saturated rings. The average Bonchev–Trinajstić information content (AvgIpc) is 1.82. The Hall–Kier alpha value is -0.720. The van der Waals surface area contributed by atoms with Crippen LogP contribution in [-0.2, 0) is 0 Å². The molecular weight excluding hydrogens is 136 g/mol. The lowest BCUT2D eigenvalue weighted by Crippen LogP contribution is -2.10. The van der Waals surface area contributed by atoms with Crippen molar-refractivity contribution >= 4 is 0 Å². The Morgan fingerprint density at radius 2 is 1.55 bits per heavy atom. The van der Waals surface area contributed by atoms with Crippen molar-refractivity contribution in [1.82, 2.24) is 0 Å². The van der Waals surface area contributed by atoms with Gasteiger partial charge in [0.1, 0.15) is 0 Å². The monoisotopic (exact) mass is 154 g/mol. The van der Waals surface area contributed by atoms with Gasteiger partial charge in [0.15, 0.2) is 0 Å². The summed E-state index contributed by atoms with van der Waals surface area (Å²) in [5.74, 6) is 0.366. The SMILES string of the molecule is C=C(/C(C)=C(\C)O)C(C)(C)C. The predicted molar refractivity (Wildman–Crippen MR) is 49.6 cm³/mol. The van der Waals surface area contributed by atoms with Gasteiger partial charge in [0.05, 0.1) is 5.76 Å². The average molecular weight is 154 g/mol. The Morgan fingerprint density at radius 3 is 1.64 bits per heavy atom. The lowest BCUT2D eigenvalue weighted by molar-refractivity contribution is 0.402. The first-order valence-corrected chi connectivity index (χ1v) is 3.83. The van der Waals surface area contributed by atoms with Crippen molar-refractivity contribution in [2.24, 2.45) is 5.41 Å². The number of hydrogen-bond donors (Lipinski definition) is 1. The van der Waals surface area contributed by atoms with E-state index in [1.807, 2.05) is 6.92 Å². The van der Waals surface area contributed by atoms with Gasteiger partial charge in [-0.05, 0) is 30.4 Å². The van der Waals surface area contributed by atoms with Crippen LogP contribution in [0.3, 0.4) is 0 Å². The Kier molecular flexibility index (Phi) is 2.92. The van der Waals surface area contributed by atoms with E-state index in [-0.39, 0.29) is 5.41 Å². The molecule has 64 valence electrons. The highest BCUT2D eigenvalue weighted by molar-refractivity contribution is 5.32. The Bertz CT molecular complexity index is 187. The van der Waals surface area contributed by atoms with Gasteiger partial charge in [0.25, 0.3) is 0 Å². The summed E-state index contributed by atoms with van der Waals surface area (Å²) in [5, 5.41) is 9.17. The summed E-state index contributed by atoms with van der Waals surface area (Å²) in [4.78, 5) is 0. The van der Waals surface area contributed by atoms with Crippen molar-refractivity contribution in [3.8, 4) is 0 Å². The second-order valence-electron chi connectivity index (χ2n) is 3.94. The van der Waals surface area contributed by atoms with Crippen molar-refractivity contribution in [1.29, 1.82) is 0 Å². The molecule has 0 spiro atoms. The summed E-state index contributed by atoms with van der Waals surface area (Å²) in [6.45, 7) is 13.8. The second-order valence-corrected chi connectivity index (χ2v) is 3.94. The molecule has 0 radical (unpaired) electrons. The third-order valence-corrected chi connectivity index (χ3v) is 1.90. The van der Waals surface area contributed by atoms with Crippen LogP contribution in [0, 0.1) is 5.41 Å². The summed E-state index contributed by atoms with van der Waals surface area (Å²) in [6, 6.07) is 0. The van der Waals surface area contributed by atoms with E-state index in [0.29, 0.717) is 5.76 Å². The Labute approximate surface area is 69.4 Å². The van der Waals surface area contributed by atoms with Gasteiger partial charge >= 0.3 is 0 Å². The lowest BCUT2D eigenvalue weighted by Gasteiger charge is -2.22. The molecule has 0 aliphatic rings. The van der Waals surface area contributed by atoms with E-state index in [9.17, 15) is 5.11 Å². The first kappa shape index (κ1) is 10.3. The molecule has 0 aromatic rings. The largest absolute Gasteiger partial charge is 0.512 e. The molecule has 0 saturated carbocycles. The maximum atomic E-state index is 9.17. The summed E-state index contributed by atoms with van der Waals surface area (Å²) in [7, 11) is 0. The van der Waals surface area contributed by atoms with Crippen LogP contribution >= 0.6 is 0 Å². The first-order valence-electron chi connectivity index (χ1n) is 3.83. The molecule has 0 amide bonds. The highest BCUT2D eigenvalue weighted by Gasteiger charge is 2.17. The number of rotatable bonds is 1. The van der Waals surface area contributed by atoms with Crippen LogP contribution in [-0.4, -0.2) is 5.11 Å². The highest BCUT2D eigenvalue weighted by Crippen LogP contribution is 2.30. The lowest BCUT2D eigenvalue weighted by atomic mass is 9.83. The maximum absolute atomic E-state index is 9.17. The van der Waals surface area contributed by atoms with Crippen molar-refractivity contribution < 1.29 is 5.11 Å². The molecule has 0 aromatic carbocycles. The summed E-state index contributed by atoms with van der Waals surface area (Å²) < 4.78 is 0. The third-order valence-electron chi connectivity index (χ3n) is 1.90. The van der Waals surface area contributed by atoms with Crippen LogP contribution in [0.15, 0.2) is 23.5 Å². The molecule has 1 N–H and O–H groups in total. The van der Waals surface area contributed by atoms with Gasteiger partial charge in [0, 0.05) is 0 Å². The minimum absolute atomic E-state index is 0.0497. The van der Waals surface area contributed by atoms with Gasteiger partial charge in [-0.25, -0.2) is 0 Å². The van der Waals surface area contributed by atoms with Gasteiger partial charge in [-0.3, -0.25) is 0 Å². The van der Waals surface area contributed by atoms with Crippen molar-refractivity contribution in [3.63, 3.8) is 0 Å². The zero-order valence-corrected chi connectivity index (χ0v) is 8.15. The van der Waals surface area contributed by atoms with E-state index in [4.69, 9.17) is 0 Å². The van der Waals surface area contributed by atoms with Crippen LogP contribution < -0.4 is 0 Å².